The third kappa shape index (κ3) is 3.20. The van der Waals surface area contributed by atoms with Crippen molar-refractivity contribution in [3.8, 4) is 0 Å². The van der Waals surface area contributed by atoms with Gasteiger partial charge in [0.05, 0.1) is 6.04 Å². The van der Waals surface area contributed by atoms with E-state index in [1.807, 2.05) is 4.90 Å². The molecular formula is C13H17F2N3O. The monoisotopic (exact) mass is 269 g/mol. The van der Waals surface area contributed by atoms with Crippen LogP contribution in [0.2, 0.25) is 0 Å². The molecule has 4 nitrogen and oxygen atoms in total. The molecule has 2 rings (SSSR count). The van der Waals surface area contributed by atoms with Crippen molar-refractivity contribution in [3.63, 3.8) is 0 Å². The quantitative estimate of drug-likeness (QED) is 0.382. The highest BCUT2D eigenvalue weighted by Crippen LogP contribution is 2.21. The fourth-order valence-electron chi connectivity index (χ4n) is 2.47. The second kappa shape index (κ2) is 5.97. The van der Waals surface area contributed by atoms with E-state index in [1.165, 1.54) is 6.07 Å². The maximum Gasteiger partial charge on any atom is 0.156 e. The standard InChI is InChI=1S/C13H17F2N3O/c14-10-4-5-11(15)9(7-10)8-18-6-2-1-3-12(18)13(16)17-19/h4-5,7,12,19H,1-3,6,8H2,(H2,16,17). The number of likely N-dealkylation sites (tertiary alicyclic amines) is 1. The maximum atomic E-state index is 13.6. The van der Waals surface area contributed by atoms with Gasteiger partial charge in [-0.1, -0.05) is 11.6 Å². The van der Waals surface area contributed by atoms with Gasteiger partial charge in [0.2, 0.25) is 0 Å². The Balaban J connectivity index is 2.17. The average Bonchev–Trinajstić information content (AvgIpc) is 2.42. The van der Waals surface area contributed by atoms with Crippen LogP contribution in [0.15, 0.2) is 23.4 Å². The Morgan fingerprint density at radius 3 is 2.95 bits per heavy atom. The van der Waals surface area contributed by atoms with E-state index in [0.717, 1.165) is 37.9 Å². The summed E-state index contributed by atoms with van der Waals surface area (Å²) in [6, 6.07) is 3.18. The van der Waals surface area contributed by atoms with Crippen molar-refractivity contribution in [3.05, 3.63) is 35.4 Å². The number of amidine groups is 1. The zero-order valence-corrected chi connectivity index (χ0v) is 10.5. The Hall–Kier alpha value is -1.69. The summed E-state index contributed by atoms with van der Waals surface area (Å²) in [5, 5.41) is 11.8. The number of hydrogen-bond acceptors (Lipinski definition) is 3. The number of benzene rings is 1. The molecule has 1 unspecified atom stereocenters. The van der Waals surface area contributed by atoms with Crippen LogP contribution in [0.4, 0.5) is 8.78 Å². The van der Waals surface area contributed by atoms with Crippen LogP contribution >= 0.6 is 0 Å². The predicted molar refractivity (Wildman–Crippen MR) is 67.8 cm³/mol. The van der Waals surface area contributed by atoms with Gasteiger partial charge in [-0.2, -0.15) is 0 Å². The van der Waals surface area contributed by atoms with E-state index in [1.54, 1.807) is 0 Å². The largest absolute Gasteiger partial charge is 0.409 e. The van der Waals surface area contributed by atoms with E-state index in [4.69, 9.17) is 10.9 Å². The normalized spacial score (nSPS) is 21.6. The second-order valence-corrected chi connectivity index (χ2v) is 4.74. The lowest BCUT2D eigenvalue weighted by molar-refractivity contribution is 0.176. The predicted octanol–water partition coefficient (Wildman–Crippen LogP) is 2.07. The molecule has 19 heavy (non-hydrogen) atoms. The first-order valence-electron chi connectivity index (χ1n) is 6.27. The fourth-order valence-corrected chi connectivity index (χ4v) is 2.47. The molecule has 1 heterocycles. The van der Waals surface area contributed by atoms with Crippen LogP contribution in [-0.4, -0.2) is 28.5 Å². The van der Waals surface area contributed by atoms with Crippen LogP contribution in [0.5, 0.6) is 0 Å². The van der Waals surface area contributed by atoms with E-state index >= 15 is 0 Å². The Morgan fingerprint density at radius 1 is 1.42 bits per heavy atom. The minimum atomic E-state index is -0.464. The van der Waals surface area contributed by atoms with Crippen molar-refractivity contribution >= 4 is 5.84 Å². The Bertz CT molecular complexity index is 479. The molecule has 3 N–H and O–H groups in total. The van der Waals surface area contributed by atoms with Crippen molar-refractivity contribution in [2.45, 2.75) is 31.8 Å². The lowest BCUT2D eigenvalue weighted by atomic mass is 10.00. The molecule has 0 radical (unpaired) electrons. The molecule has 1 fully saturated rings. The van der Waals surface area contributed by atoms with Crippen molar-refractivity contribution in [1.29, 1.82) is 0 Å². The van der Waals surface area contributed by atoms with Crippen molar-refractivity contribution in [2.75, 3.05) is 6.54 Å². The third-order valence-corrected chi connectivity index (χ3v) is 3.45. The molecule has 0 aromatic heterocycles. The summed E-state index contributed by atoms with van der Waals surface area (Å²) < 4.78 is 26.8. The third-order valence-electron chi connectivity index (χ3n) is 3.45. The molecule has 1 aromatic rings. The van der Waals surface area contributed by atoms with Crippen LogP contribution in [0.25, 0.3) is 0 Å². The SMILES string of the molecule is NC(=NO)C1CCCCN1Cc1cc(F)ccc1F. The molecule has 1 aliphatic rings. The van der Waals surface area contributed by atoms with E-state index in [-0.39, 0.29) is 24.0 Å². The molecule has 1 aromatic carbocycles. The Morgan fingerprint density at radius 2 is 2.21 bits per heavy atom. The van der Waals surface area contributed by atoms with Gasteiger partial charge in [-0.05, 0) is 37.6 Å². The minimum absolute atomic E-state index is 0.122. The summed E-state index contributed by atoms with van der Waals surface area (Å²) in [6.07, 6.45) is 2.70. The molecule has 1 aliphatic heterocycles. The first kappa shape index (κ1) is 13.7. The lowest BCUT2D eigenvalue weighted by Gasteiger charge is -2.34. The van der Waals surface area contributed by atoms with Crippen LogP contribution in [0.1, 0.15) is 24.8 Å². The van der Waals surface area contributed by atoms with E-state index < -0.39 is 11.6 Å². The number of hydrogen-bond donors (Lipinski definition) is 2. The van der Waals surface area contributed by atoms with Gasteiger partial charge >= 0.3 is 0 Å². The summed E-state index contributed by atoms with van der Waals surface area (Å²) in [5.41, 5.74) is 5.94. The van der Waals surface area contributed by atoms with Crippen LogP contribution < -0.4 is 5.73 Å². The lowest BCUT2D eigenvalue weighted by Crippen LogP contribution is -2.47. The van der Waals surface area contributed by atoms with Gasteiger partial charge in [0, 0.05) is 12.1 Å². The van der Waals surface area contributed by atoms with E-state index in [9.17, 15) is 8.78 Å². The van der Waals surface area contributed by atoms with Gasteiger partial charge in [0.15, 0.2) is 5.84 Å². The number of halogens is 2. The highest BCUT2D eigenvalue weighted by molar-refractivity contribution is 5.85. The summed E-state index contributed by atoms with van der Waals surface area (Å²) in [5.74, 6) is -0.782. The van der Waals surface area contributed by atoms with Gasteiger partial charge in [-0.15, -0.1) is 0 Å². The number of rotatable bonds is 3. The molecular weight excluding hydrogens is 252 g/mol. The van der Waals surface area contributed by atoms with Crippen molar-refractivity contribution in [2.24, 2.45) is 10.9 Å². The smallest absolute Gasteiger partial charge is 0.156 e. The zero-order valence-electron chi connectivity index (χ0n) is 10.5. The number of piperidine rings is 1. The van der Waals surface area contributed by atoms with E-state index in [2.05, 4.69) is 5.16 Å². The molecule has 6 heteroatoms. The van der Waals surface area contributed by atoms with Gasteiger partial charge in [0.1, 0.15) is 11.6 Å². The summed E-state index contributed by atoms with van der Waals surface area (Å²) >= 11 is 0. The van der Waals surface area contributed by atoms with Gasteiger partial charge in [0.25, 0.3) is 0 Å². The molecule has 1 saturated heterocycles. The molecule has 0 bridgehead atoms. The zero-order chi connectivity index (χ0) is 13.8. The van der Waals surface area contributed by atoms with Crippen molar-refractivity contribution < 1.29 is 14.0 Å². The van der Waals surface area contributed by atoms with Gasteiger partial charge in [-0.3, -0.25) is 4.90 Å². The topological polar surface area (TPSA) is 61.9 Å². The first-order valence-corrected chi connectivity index (χ1v) is 6.27. The second-order valence-electron chi connectivity index (χ2n) is 4.74. The molecule has 0 amide bonds. The average molecular weight is 269 g/mol. The summed E-state index contributed by atoms with van der Waals surface area (Å²) in [7, 11) is 0. The number of oxime groups is 1. The van der Waals surface area contributed by atoms with E-state index in [0.29, 0.717) is 0 Å². The number of nitrogens with two attached hydrogens (primary N) is 1. The Labute approximate surface area is 110 Å². The molecule has 0 aliphatic carbocycles. The molecule has 104 valence electrons. The highest BCUT2D eigenvalue weighted by Gasteiger charge is 2.26. The molecule has 0 saturated carbocycles. The van der Waals surface area contributed by atoms with Crippen LogP contribution in [-0.2, 0) is 6.54 Å². The van der Waals surface area contributed by atoms with Crippen LogP contribution in [0, 0.1) is 11.6 Å². The molecule has 1 atom stereocenters. The molecule has 0 spiro atoms. The maximum absolute atomic E-state index is 13.6. The summed E-state index contributed by atoms with van der Waals surface area (Å²) in [6.45, 7) is 0.974. The van der Waals surface area contributed by atoms with Crippen molar-refractivity contribution in [1.82, 2.24) is 4.90 Å². The first-order chi connectivity index (χ1) is 9.11. The fraction of sp³-hybridized carbons (Fsp3) is 0.462. The highest BCUT2D eigenvalue weighted by atomic mass is 19.1. The summed E-state index contributed by atoms with van der Waals surface area (Å²) in [4.78, 5) is 1.91. The van der Waals surface area contributed by atoms with Crippen LogP contribution in [0.3, 0.4) is 0 Å². The van der Waals surface area contributed by atoms with Gasteiger partial charge < -0.3 is 10.9 Å². The minimum Gasteiger partial charge on any atom is -0.409 e. The number of nitrogens with zero attached hydrogens (tertiary/aromatic N) is 2. The Kier molecular flexibility index (Phi) is 4.31. The van der Waals surface area contributed by atoms with Gasteiger partial charge in [-0.25, -0.2) is 8.78 Å².